The fourth-order valence-corrected chi connectivity index (χ4v) is 0.402. The van der Waals surface area contributed by atoms with Crippen LogP contribution in [0.2, 0.25) is 0 Å². The molecule has 6 heteroatoms. The molecule has 0 heterocycles. The molecule has 0 saturated heterocycles. The average Bonchev–Trinajstić information content (AvgIpc) is 1.82. The summed E-state index contributed by atoms with van der Waals surface area (Å²) in [6.45, 7) is 0. The van der Waals surface area contributed by atoms with Gasteiger partial charge in [0.2, 0.25) is 0 Å². The maximum atomic E-state index is 9.99. The summed E-state index contributed by atoms with van der Waals surface area (Å²) in [5, 5.41) is 16.3. The molecule has 0 amide bonds. The van der Waals surface area contributed by atoms with E-state index in [1.54, 1.807) is 0 Å². The fraction of sp³-hybridized carbons (Fsp3) is 0.600. The molecule has 0 unspecified atom stereocenters. The summed E-state index contributed by atoms with van der Waals surface area (Å²) in [5.74, 6) is -2.20. The van der Waals surface area contributed by atoms with Gasteiger partial charge in [0.15, 0.2) is 0 Å². The molecule has 0 aliphatic heterocycles. The van der Waals surface area contributed by atoms with Gasteiger partial charge in [-0.1, -0.05) is 0 Å². The Kier molecular flexibility index (Phi) is 7.48. The standard InChI is InChI=1S/C5H9NO4.Ga.3H/c6-3(5(9)10)1-2-4(7)8;;;;/h3H,1-2,6H2,(H,7,8)(H,9,10);;;;/t3-;;;;/m0..../s1. The van der Waals surface area contributed by atoms with Gasteiger partial charge in [-0.05, 0) is 6.42 Å². The SMILES string of the molecule is N[C@@H](CCC(=O)O)C(=O)O.[GaH3]. The first-order valence-electron chi connectivity index (χ1n) is 2.74. The van der Waals surface area contributed by atoms with E-state index in [0.717, 1.165) is 0 Å². The number of hydrogen-bond acceptors (Lipinski definition) is 3. The quantitative estimate of drug-likeness (QED) is 0.479. The summed E-state index contributed by atoms with van der Waals surface area (Å²) in [4.78, 5) is 19.9. The number of nitrogens with two attached hydrogens (primary N) is 1. The normalized spacial score (nSPS) is 11.4. The van der Waals surface area contributed by atoms with Gasteiger partial charge in [-0.15, -0.1) is 0 Å². The van der Waals surface area contributed by atoms with Crippen LogP contribution >= 0.6 is 0 Å². The Morgan fingerprint density at radius 3 is 2.09 bits per heavy atom. The van der Waals surface area contributed by atoms with Crippen molar-refractivity contribution in [3.63, 3.8) is 0 Å². The molecule has 0 aromatic rings. The first-order chi connectivity index (χ1) is 4.54. The number of aliphatic carboxylic acids is 2. The van der Waals surface area contributed by atoms with Crippen LogP contribution in [-0.2, 0) is 9.59 Å². The molecule has 0 saturated carbocycles. The average molecular weight is 220 g/mol. The second kappa shape index (κ2) is 6.26. The Hall–Kier alpha value is -0.464. The zero-order valence-corrected chi connectivity index (χ0v) is 5.28. The molecule has 0 spiro atoms. The van der Waals surface area contributed by atoms with Crippen molar-refractivity contribution in [3.8, 4) is 0 Å². The van der Waals surface area contributed by atoms with Gasteiger partial charge < -0.3 is 15.9 Å². The van der Waals surface area contributed by atoms with E-state index in [1.807, 2.05) is 0 Å². The van der Waals surface area contributed by atoms with E-state index in [1.165, 1.54) is 0 Å². The fourth-order valence-electron chi connectivity index (χ4n) is 0.402. The van der Waals surface area contributed by atoms with Crippen molar-refractivity contribution in [2.24, 2.45) is 5.73 Å². The van der Waals surface area contributed by atoms with Crippen molar-refractivity contribution in [1.82, 2.24) is 0 Å². The minimum atomic E-state index is -1.17. The number of rotatable bonds is 4. The number of hydrogen-bond donors (Lipinski definition) is 3. The minimum absolute atomic E-state index is 0. The molecule has 4 N–H and O–H groups in total. The van der Waals surface area contributed by atoms with Gasteiger partial charge in [0.1, 0.15) is 6.04 Å². The molecule has 0 rings (SSSR count). The van der Waals surface area contributed by atoms with Gasteiger partial charge in [-0.3, -0.25) is 9.59 Å². The number of carboxylic acid groups (broad SMARTS) is 2. The predicted octanol–water partition coefficient (Wildman–Crippen LogP) is -1.92. The van der Waals surface area contributed by atoms with Gasteiger partial charge in [-0.25, -0.2) is 0 Å². The van der Waals surface area contributed by atoms with Crippen LogP contribution in [0.3, 0.4) is 0 Å². The topological polar surface area (TPSA) is 101 Å². The van der Waals surface area contributed by atoms with Crippen LogP contribution in [0.4, 0.5) is 0 Å². The van der Waals surface area contributed by atoms with Gasteiger partial charge in [0, 0.05) is 6.42 Å². The first-order valence-corrected chi connectivity index (χ1v) is 2.74. The summed E-state index contributed by atoms with van der Waals surface area (Å²) in [6, 6.07) is -1.06. The summed E-state index contributed by atoms with van der Waals surface area (Å²) >= 11 is 0. The molecule has 0 aromatic heterocycles. The Labute approximate surface area is 76.6 Å². The third kappa shape index (κ3) is 7.43. The molecule has 11 heavy (non-hydrogen) atoms. The summed E-state index contributed by atoms with van der Waals surface area (Å²) in [5.41, 5.74) is 5.00. The zero-order chi connectivity index (χ0) is 8.15. The van der Waals surface area contributed by atoms with Gasteiger partial charge in [-0.2, -0.15) is 0 Å². The van der Waals surface area contributed by atoms with E-state index in [-0.39, 0.29) is 32.6 Å². The number of carboxylic acids is 2. The van der Waals surface area contributed by atoms with Crippen molar-refractivity contribution in [2.75, 3.05) is 0 Å². The monoisotopic (exact) mass is 219 g/mol. The molecule has 1 atom stereocenters. The Morgan fingerprint density at radius 2 is 1.82 bits per heavy atom. The molecule has 5 nitrogen and oxygen atoms in total. The van der Waals surface area contributed by atoms with Crippen molar-refractivity contribution in [3.05, 3.63) is 0 Å². The van der Waals surface area contributed by atoms with Gasteiger partial charge in [0.05, 0.1) is 0 Å². The summed E-state index contributed by atoms with van der Waals surface area (Å²) in [6.07, 6.45) is -0.224. The molecule has 0 bridgehead atoms. The third-order valence-corrected chi connectivity index (χ3v) is 0.986. The molecular weight excluding hydrogens is 208 g/mol. The van der Waals surface area contributed by atoms with E-state index in [2.05, 4.69) is 0 Å². The third-order valence-electron chi connectivity index (χ3n) is 0.986. The zero-order valence-electron chi connectivity index (χ0n) is 5.28. The molecule has 0 fully saturated rings. The van der Waals surface area contributed by atoms with Crippen molar-refractivity contribution in [2.45, 2.75) is 18.9 Å². The molecular formula is C5H12GaNO4. The number of carbonyl (C=O) groups is 2. The Bertz CT molecular complexity index is 149. The van der Waals surface area contributed by atoms with Crippen molar-refractivity contribution >= 4 is 31.7 Å². The van der Waals surface area contributed by atoms with E-state index in [9.17, 15) is 9.59 Å². The van der Waals surface area contributed by atoms with Gasteiger partial charge >= 0.3 is 31.7 Å². The maximum absolute atomic E-state index is 9.99. The Morgan fingerprint density at radius 1 is 1.36 bits per heavy atom. The van der Waals surface area contributed by atoms with Crippen LogP contribution in [0.1, 0.15) is 12.8 Å². The first kappa shape index (κ1) is 13.1. The van der Waals surface area contributed by atoms with E-state index >= 15 is 0 Å². The van der Waals surface area contributed by atoms with Crippen LogP contribution in [0, 0.1) is 0 Å². The second-order valence-electron chi connectivity index (χ2n) is 1.88. The summed E-state index contributed by atoms with van der Waals surface area (Å²) in [7, 11) is 0. The Balaban J connectivity index is 0. The van der Waals surface area contributed by atoms with E-state index in [4.69, 9.17) is 15.9 Å². The molecule has 0 aliphatic carbocycles. The van der Waals surface area contributed by atoms with Crippen LogP contribution in [0.5, 0.6) is 0 Å². The van der Waals surface area contributed by atoms with Crippen LogP contribution in [0.25, 0.3) is 0 Å². The van der Waals surface area contributed by atoms with Crippen molar-refractivity contribution < 1.29 is 19.8 Å². The predicted molar refractivity (Wildman–Crippen MR) is 42.4 cm³/mol. The van der Waals surface area contributed by atoms with Crippen LogP contribution < -0.4 is 5.73 Å². The van der Waals surface area contributed by atoms with Crippen molar-refractivity contribution in [1.29, 1.82) is 0 Å². The van der Waals surface area contributed by atoms with Crippen LogP contribution in [0.15, 0.2) is 0 Å². The molecule has 0 aliphatic rings. The molecule has 0 radical (unpaired) electrons. The van der Waals surface area contributed by atoms with E-state index < -0.39 is 18.0 Å². The summed E-state index contributed by atoms with van der Waals surface area (Å²) < 4.78 is 0. The van der Waals surface area contributed by atoms with Crippen LogP contribution in [-0.4, -0.2) is 48.0 Å². The van der Waals surface area contributed by atoms with E-state index in [0.29, 0.717) is 0 Å². The molecule has 0 aromatic carbocycles. The van der Waals surface area contributed by atoms with Gasteiger partial charge in [0.25, 0.3) is 0 Å². The molecule has 64 valence electrons. The second-order valence-corrected chi connectivity index (χ2v) is 1.88.